The van der Waals surface area contributed by atoms with Crippen molar-refractivity contribution in [2.75, 3.05) is 40.0 Å². The van der Waals surface area contributed by atoms with Gasteiger partial charge in [-0.25, -0.2) is 0 Å². The maximum absolute atomic E-state index is 9.96. The highest BCUT2D eigenvalue weighted by Crippen LogP contribution is 2.41. The number of aliphatic hydroxyl groups excluding tert-OH is 1. The van der Waals surface area contributed by atoms with Crippen LogP contribution in [0.5, 0.6) is 11.5 Å². The average Bonchev–Trinajstić information content (AvgIpc) is 3.12. The second-order valence-corrected chi connectivity index (χ2v) is 7.99. The molecular weight excluding hydrogens is 354 g/mol. The van der Waals surface area contributed by atoms with E-state index in [4.69, 9.17) is 14.2 Å². The summed E-state index contributed by atoms with van der Waals surface area (Å²) < 4.78 is 17.2. The van der Waals surface area contributed by atoms with Gasteiger partial charge in [0, 0.05) is 31.7 Å². The number of likely N-dealkylation sites (tertiary alicyclic amines) is 1. The Kier molecular flexibility index (Phi) is 5.85. The molecular formula is C23H29NO4. The van der Waals surface area contributed by atoms with E-state index in [1.165, 1.54) is 5.56 Å². The van der Waals surface area contributed by atoms with Gasteiger partial charge in [-0.05, 0) is 35.6 Å². The van der Waals surface area contributed by atoms with Crippen LogP contribution in [-0.4, -0.2) is 50.0 Å². The van der Waals surface area contributed by atoms with Crippen LogP contribution < -0.4 is 9.47 Å². The number of nitrogens with zero attached hydrogens (tertiary/aromatic N) is 1. The van der Waals surface area contributed by atoms with Gasteiger partial charge in [0.2, 0.25) is 0 Å². The summed E-state index contributed by atoms with van der Waals surface area (Å²) in [6, 6.07) is 16.3. The van der Waals surface area contributed by atoms with Gasteiger partial charge in [0.15, 0.2) is 11.5 Å². The van der Waals surface area contributed by atoms with Crippen LogP contribution >= 0.6 is 0 Å². The van der Waals surface area contributed by atoms with Gasteiger partial charge >= 0.3 is 0 Å². The third-order valence-electron chi connectivity index (χ3n) is 6.07. The summed E-state index contributed by atoms with van der Waals surface area (Å²) in [6.07, 6.45) is 1.03. The molecule has 0 amide bonds. The first-order valence-electron chi connectivity index (χ1n) is 9.97. The Hall–Kier alpha value is -2.08. The van der Waals surface area contributed by atoms with Gasteiger partial charge in [-0.15, -0.1) is 0 Å². The van der Waals surface area contributed by atoms with Gasteiger partial charge in [0.25, 0.3) is 0 Å². The van der Waals surface area contributed by atoms with Gasteiger partial charge in [-0.1, -0.05) is 36.4 Å². The predicted molar refractivity (Wildman–Crippen MR) is 107 cm³/mol. The molecule has 150 valence electrons. The first-order chi connectivity index (χ1) is 13.7. The molecule has 5 heteroatoms. The number of hydrogen-bond acceptors (Lipinski definition) is 5. The van der Waals surface area contributed by atoms with Gasteiger partial charge in [0.05, 0.1) is 20.3 Å². The summed E-state index contributed by atoms with van der Waals surface area (Å²) in [6.45, 7) is 4.92. The summed E-state index contributed by atoms with van der Waals surface area (Å²) in [5.41, 5.74) is 2.22. The van der Waals surface area contributed by atoms with Gasteiger partial charge in [0.1, 0.15) is 6.61 Å². The lowest BCUT2D eigenvalue weighted by Gasteiger charge is -2.36. The molecule has 0 spiro atoms. The van der Waals surface area contributed by atoms with Gasteiger partial charge < -0.3 is 19.3 Å². The van der Waals surface area contributed by atoms with Crippen LogP contribution in [0.25, 0.3) is 0 Å². The monoisotopic (exact) mass is 383 g/mol. The molecule has 0 aliphatic carbocycles. The molecule has 0 bridgehead atoms. The maximum Gasteiger partial charge on any atom is 0.161 e. The molecule has 0 radical (unpaired) electrons. The largest absolute Gasteiger partial charge is 0.493 e. The highest BCUT2D eigenvalue weighted by atomic mass is 16.5. The smallest absolute Gasteiger partial charge is 0.161 e. The van der Waals surface area contributed by atoms with Crippen molar-refractivity contribution in [1.29, 1.82) is 0 Å². The van der Waals surface area contributed by atoms with Crippen LogP contribution in [0.4, 0.5) is 0 Å². The quantitative estimate of drug-likeness (QED) is 0.796. The molecule has 2 heterocycles. The van der Waals surface area contributed by atoms with Crippen molar-refractivity contribution in [2.24, 2.45) is 11.3 Å². The van der Waals surface area contributed by atoms with E-state index in [1.54, 1.807) is 7.11 Å². The summed E-state index contributed by atoms with van der Waals surface area (Å²) in [7, 11) is 1.68. The fourth-order valence-corrected chi connectivity index (χ4v) is 4.47. The van der Waals surface area contributed by atoms with Crippen molar-refractivity contribution in [1.82, 2.24) is 4.90 Å². The van der Waals surface area contributed by atoms with E-state index < -0.39 is 0 Å². The van der Waals surface area contributed by atoms with E-state index in [0.29, 0.717) is 19.1 Å². The summed E-state index contributed by atoms with van der Waals surface area (Å²) in [4.78, 5) is 2.43. The number of rotatable bonds is 7. The molecule has 28 heavy (non-hydrogen) atoms. The number of hydrogen-bond donors (Lipinski definition) is 1. The first-order valence-corrected chi connectivity index (χ1v) is 9.97. The van der Waals surface area contributed by atoms with Crippen molar-refractivity contribution in [3.63, 3.8) is 0 Å². The fourth-order valence-electron chi connectivity index (χ4n) is 4.47. The lowest BCUT2D eigenvalue weighted by molar-refractivity contribution is -0.0561. The Morgan fingerprint density at radius 2 is 2.00 bits per heavy atom. The average molecular weight is 383 g/mol. The molecule has 4 rings (SSSR count). The molecule has 5 nitrogen and oxygen atoms in total. The highest BCUT2D eigenvalue weighted by Gasteiger charge is 2.47. The molecule has 2 atom stereocenters. The minimum Gasteiger partial charge on any atom is -0.493 e. The molecule has 1 N–H and O–H groups in total. The Balaban J connectivity index is 1.41. The normalized spacial score (nSPS) is 24.7. The molecule has 2 fully saturated rings. The Labute approximate surface area is 166 Å². The van der Waals surface area contributed by atoms with Crippen LogP contribution in [0.15, 0.2) is 48.5 Å². The van der Waals surface area contributed by atoms with Crippen LogP contribution in [0.2, 0.25) is 0 Å². The van der Waals surface area contributed by atoms with Crippen LogP contribution in [0, 0.1) is 11.3 Å². The molecule has 2 aromatic carbocycles. The van der Waals surface area contributed by atoms with Crippen LogP contribution in [0.1, 0.15) is 17.5 Å². The highest BCUT2D eigenvalue weighted by molar-refractivity contribution is 5.43. The van der Waals surface area contributed by atoms with E-state index in [1.807, 2.05) is 36.4 Å². The minimum absolute atomic E-state index is 0.0962. The van der Waals surface area contributed by atoms with Crippen molar-refractivity contribution in [2.45, 2.75) is 19.6 Å². The van der Waals surface area contributed by atoms with E-state index in [2.05, 4.69) is 17.0 Å². The Bertz CT molecular complexity index is 781. The number of benzene rings is 2. The summed E-state index contributed by atoms with van der Waals surface area (Å²) >= 11 is 0. The molecule has 2 aliphatic heterocycles. The molecule has 0 saturated carbocycles. The predicted octanol–water partition coefficient (Wildman–Crippen LogP) is 3.11. The Morgan fingerprint density at radius 1 is 1.14 bits per heavy atom. The third-order valence-corrected chi connectivity index (χ3v) is 6.07. The fraction of sp³-hybridized carbons (Fsp3) is 0.478. The SMILES string of the molecule is COc1cc(CN2C[C@@H]3CCOC[C@]3(CO)C2)ccc1OCc1ccccc1. The van der Waals surface area contributed by atoms with E-state index in [-0.39, 0.29) is 12.0 Å². The zero-order chi connectivity index (χ0) is 19.4. The molecule has 0 unspecified atom stereocenters. The molecule has 0 aromatic heterocycles. The van der Waals surface area contributed by atoms with Crippen molar-refractivity contribution in [3.8, 4) is 11.5 Å². The van der Waals surface area contributed by atoms with Crippen LogP contribution in [-0.2, 0) is 17.9 Å². The number of ether oxygens (including phenoxy) is 3. The summed E-state index contributed by atoms with van der Waals surface area (Å²) in [5, 5.41) is 9.96. The van der Waals surface area contributed by atoms with Crippen molar-refractivity contribution >= 4 is 0 Å². The topological polar surface area (TPSA) is 51.2 Å². The van der Waals surface area contributed by atoms with Gasteiger partial charge in [-0.2, -0.15) is 0 Å². The molecule has 2 saturated heterocycles. The second-order valence-electron chi connectivity index (χ2n) is 7.99. The first kappa shape index (κ1) is 19.2. The molecule has 2 aliphatic rings. The van der Waals surface area contributed by atoms with E-state index >= 15 is 0 Å². The van der Waals surface area contributed by atoms with E-state index in [0.717, 1.165) is 49.7 Å². The van der Waals surface area contributed by atoms with Crippen molar-refractivity contribution in [3.05, 3.63) is 59.7 Å². The molecule has 2 aromatic rings. The van der Waals surface area contributed by atoms with Crippen molar-refractivity contribution < 1.29 is 19.3 Å². The zero-order valence-electron chi connectivity index (χ0n) is 16.5. The number of fused-ring (bicyclic) bond motifs is 1. The van der Waals surface area contributed by atoms with Gasteiger partial charge in [-0.3, -0.25) is 4.90 Å². The third kappa shape index (κ3) is 4.02. The zero-order valence-corrected chi connectivity index (χ0v) is 16.5. The summed E-state index contributed by atoms with van der Waals surface area (Å²) in [5.74, 6) is 2.03. The number of aliphatic hydroxyl groups is 1. The lowest BCUT2D eigenvalue weighted by Crippen LogP contribution is -2.42. The maximum atomic E-state index is 9.96. The number of methoxy groups -OCH3 is 1. The Morgan fingerprint density at radius 3 is 2.75 bits per heavy atom. The minimum atomic E-state index is -0.0962. The van der Waals surface area contributed by atoms with Crippen LogP contribution in [0.3, 0.4) is 0 Å². The standard InChI is InChI=1S/C23H29NO4/c1-26-22-11-19(7-8-21(22)28-14-18-5-3-2-4-6-18)12-24-13-20-9-10-27-17-23(20,15-24)16-25/h2-8,11,20,25H,9-10,12-17H2,1H3/t20-,23+/m0/s1. The lowest BCUT2D eigenvalue weighted by atomic mass is 9.76. The van der Waals surface area contributed by atoms with E-state index in [9.17, 15) is 5.11 Å². The second kappa shape index (κ2) is 8.52.